The van der Waals surface area contributed by atoms with Crippen LogP contribution in [0.25, 0.3) is 0 Å². The fraction of sp³-hybridized carbons (Fsp3) is 0.625. The summed E-state index contributed by atoms with van der Waals surface area (Å²) in [4.78, 5) is 0. The van der Waals surface area contributed by atoms with E-state index < -0.39 is 0 Å². The predicted octanol–water partition coefficient (Wildman–Crippen LogP) is 3.80. The summed E-state index contributed by atoms with van der Waals surface area (Å²) >= 11 is 0. The third kappa shape index (κ3) is 6.06. The number of benzene rings is 1. The zero-order valence-corrected chi connectivity index (χ0v) is 12.0. The van der Waals surface area contributed by atoms with Crippen LogP contribution in [0.2, 0.25) is 0 Å². The summed E-state index contributed by atoms with van der Waals surface area (Å²) in [5.41, 5.74) is 1.39. The molecule has 0 aliphatic carbocycles. The molecule has 0 fully saturated rings. The van der Waals surface area contributed by atoms with E-state index in [0.717, 1.165) is 25.2 Å². The van der Waals surface area contributed by atoms with Crippen molar-refractivity contribution in [2.45, 2.75) is 52.0 Å². The van der Waals surface area contributed by atoms with Gasteiger partial charge < -0.3 is 10.1 Å². The van der Waals surface area contributed by atoms with Crippen LogP contribution in [0.1, 0.15) is 45.1 Å². The molecule has 0 heterocycles. The second-order valence-electron chi connectivity index (χ2n) is 4.93. The van der Waals surface area contributed by atoms with Crippen LogP contribution in [0.4, 0.5) is 0 Å². The normalized spacial score (nSPS) is 12.4. The highest BCUT2D eigenvalue weighted by Crippen LogP contribution is 2.14. The van der Waals surface area contributed by atoms with Crippen LogP contribution in [0.3, 0.4) is 0 Å². The molecular formula is C16H27NO. The van der Waals surface area contributed by atoms with Gasteiger partial charge in [0, 0.05) is 6.04 Å². The number of aryl methyl sites for hydroxylation is 1. The highest BCUT2D eigenvalue weighted by Gasteiger charge is 2.00. The Bertz CT molecular complexity index is 307. The van der Waals surface area contributed by atoms with E-state index in [1.807, 2.05) is 7.05 Å². The Balaban J connectivity index is 2.28. The lowest BCUT2D eigenvalue weighted by Gasteiger charge is -2.10. The summed E-state index contributed by atoms with van der Waals surface area (Å²) in [6, 6.07) is 9.11. The van der Waals surface area contributed by atoms with Crippen LogP contribution >= 0.6 is 0 Å². The molecule has 0 saturated carbocycles. The number of ether oxygens (including phenoxy) is 1. The summed E-state index contributed by atoms with van der Waals surface area (Å²) in [5, 5.41) is 3.26. The summed E-state index contributed by atoms with van der Waals surface area (Å²) in [5.74, 6) is 0.997. The maximum absolute atomic E-state index is 5.70. The molecule has 1 unspecified atom stereocenters. The molecule has 0 aliphatic heterocycles. The van der Waals surface area contributed by atoms with Gasteiger partial charge in [-0.3, -0.25) is 0 Å². The van der Waals surface area contributed by atoms with Crippen LogP contribution in [-0.4, -0.2) is 19.7 Å². The van der Waals surface area contributed by atoms with Crippen molar-refractivity contribution in [3.05, 3.63) is 29.8 Å². The van der Waals surface area contributed by atoms with Crippen molar-refractivity contribution in [2.75, 3.05) is 13.7 Å². The maximum Gasteiger partial charge on any atom is 0.119 e. The Morgan fingerprint density at radius 1 is 1.17 bits per heavy atom. The number of rotatable bonds is 9. The molecule has 0 aromatic heterocycles. The quantitative estimate of drug-likeness (QED) is 0.672. The summed E-state index contributed by atoms with van der Waals surface area (Å²) in [6.07, 6.45) is 5.94. The molecule has 0 radical (unpaired) electrons. The van der Waals surface area contributed by atoms with Crippen LogP contribution < -0.4 is 10.1 Å². The molecule has 0 saturated heterocycles. The van der Waals surface area contributed by atoms with Gasteiger partial charge in [-0.15, -0.1) is 0 Å². The molecule has 0 spiro atoms. The van der Waals surface area contributed by atoms with Crippen molar-refractivity contribution in [3.8, 4) is 5.75 Å². The maximum atomic E-state index is 5.70. The lowest BCUT2D eigenvalue weighted by molar-refractivity contribution is 0.306. The molecule has 0 aliphatic rings. The molecule has 2 heteroatoms. The van der Waals surface area contributed by atoms with Crippen LogP contribution in [0.5, 0.6) is 5.75 Å². The van der Waals surface area contributed by atoms with Crippen molar-refractivity contribution in [3.63, 3.8) is 0 Å². The van der Waals surface area contributed by atoms with E-state index in [0.29, 0.717) is 6.04 Å². The number of hydrogen-bond acceptors (Lipinski definition) is 2. The highest BCUT2D eigenvalue weighted by molar-refractivity contribution is 5.27. The second kappa shape index (κ2) is 8.98. The Kier molecular flexibility index (Phi) is 7.51. The van der Waals surface area contributed by atoms with E-state index in [-0.39, 0.29) is 0 Å². The van der Waals surface area contributed by atoms with Gasteiger partial charge in [0.25, 0.3) is 0 Å². The van der Waals surface area contributed by atoms with Crippen molar-refractivity contribution >= 4 is 0 Å². The van der Waals surface area contributed by atoms with Gasteiger partial charge in [-0.25, -0.2) is 0 Å². The number of unbranched alkanes of at least 4 members (excludes halogenated alkanes) is 2. The smallest absolute Gasteiger partial charge is 0.119 e. The Labute approximate surface area is 112 Å². The highest BCUT2D eigenvalue weighted by atomic mass is 16.5. The molecule has 102 valence electrons. The zero-order chi connectivity index (χ0) is 13.2. The van der Waals surface area contributed by atoms with Crippen molar-refractivity contribution < 1.29 is 4.74 Å². The first kappa shape index (κ1) is 15.0. The third-order valence-electron chi connectivity index (χ3n) is 3.30. The summed E-state index contributed by atoms with van der Waals surface area (Å²) in [7, 11) is 2.01. The number of nitrogens with one attached hydrogen (secondary N) is 1. The van der Waals surface area contributed by atoms with Crippen molar-refractivity contribution in [1.82, 2.24) is 5.32 Å². The van der Waals surface area contributed by atoms with Gasteiger partial charge in [0.1, 0.15) is 5.75 Å². The Morgan fingerprint density at radius 3 is 2.50 bits per heavy atom. The van der Waals surface area contributed by atoms with Crippen molar-refractivity contribution in [1.29, 1.82) is 0 Å². The lowest BCUT2D eigenvalue weighted by Crippen LogP contribution is -2.21. The van der Waals surface area contributed by atoms with E-state index in [4.69, 9.17) is 4.74 Å². The zero-order valence-electron chi connectivity index (χ0n) is 12.0. The molecule has 18 heavy (non-hydrogen) atoms. The van der Waals surface area contributed by atoms with E-state index in [1.54, 1.807) is 0 Å². The summed E-state index contributed by atoms with van der Waals surface area (Å²) < 4.78 is 5.70. The van der Waals surface area contributed by atoms with E-state index >= 15 is 0 Å². The van der Waals surface area contributed by atoms with Gasteiger partial charge in [-0.2, -0.15) is 0 Å². The molecule has 1 N–H and O–H groups in total. The molecule has 0 amide bonds. The van der Waals surface area contributed by atoms with E-state index in [2.05, 4.69) is 43.4 Å². The topological polar surface area (TPSA) is 21.3 Å². The monoisotopic (exact) mass is 249 g/mol. The largest absolute Gasteiger partial charge is 0.494 e. The first-order valence-electron chi connectivity index (χ1n) is 7.15. The molecule has 1 rings (SSSR count). The minimum absolute atomic E-state index is 0.579. The van der Waals surface area contributed by atoms with Crippen molar-refractivity contribution in [2.24, 2.45) is 0 Å². The molecule has 0 bridgehead atoms. The van der Waals surface area contributed by atoms with Gasteiger partial charge in [0.05, 0.1) is 6.61 Å². The van der Waals surface area contributed by atoms with Gasteiger partial charge in [-0.1, -0.05) is 31.9 Å². The molecule has 1 atom stereocenters. The Morgan fingerprint density at radius 2 is 1.89 bits per heavy atom. The van der Waals surface area contributed by atoms with Crippen LogP contribution in [-0.2, 0) is 6.42 Å². The third-order valence-corrected chi connectivity index (χ3v) is 3.30. The average Bonchev–Trinajstić information content (AvgIpc) is 2.42. The molecule has 2 nitrogen and oxygen atoms in total. The fourth-order valence-corrected chi connectivity index (χ4v) is 1.82. The lowest BCUT2D eigenvalue weighted by atomic mass is 10.1. The van der Waals surface area contributed by atoms with Crippen LogP contribution in [0.15, 0.2) is 24.3 Å². The predicted molar refractivity (Wildman–Crippen MR) is 78.3 cm³/mol. The van der Waals surface area contributed by atoms with E-state index in [1.165, 1.54) is 24.8 Å². The van der Waals surface area contributed by atoms with Gasteiger partial charge >= 0.3 is 0 Å². The van der Waals surface area contributed by atoms with Gasteiger partial charge in [0.2, 0.25) is 0 Å². The first-order valence-corrected chi connectivity index (χ1v) is 7.15. The Hall–Kier alpha value is -1.02. The average molecular weight is 249 g/mol. The summed E-state index contributed by atoms with van der Waals surface area (Å²) in [6.45, 7) is 5.26. The minimum Gasteiger partial charge on any atom is -0.494 e. The standard InChI is InChI=1S/C16H27NO/c1-4-5-6-13-18-16-11-9-15(10-12-16)8-7-14(2)17-3/h9-12,14,17H,4-8,13H2,1-3H3. The van der Waals surface area contributed by atoms with Gasteiger partial charge in [-0.05, 0) is 50.9 Å². The van der Waals surface area contributed by atoms with Gasteiger partial charge in [0.15, 0.2) is 0 Å². The SMILES string of the molecule is CCCCCOc1ccc(CCC(C)NC)cc1. The molecular weight excluding hydrogens is 222 g/mol. The first-order chi connectivity index (χ1) is 8.76. The van der Waals surface area contributed by atoms with E-state index in [9.17, 15) is 0 Å². The second-order valence-corrected chi connectivity index (χ2v) is 4.93. The van der Waals surface area contributed by atoms with Crippen LogP contribution in [0, 0.1) is 0 Å². The fourth-order valence-electron chi connectivity index (χ4n) is 1.82. The molecule has 1 aromatic rings. The molecule has 1 aromatic carbocycles. The number of hydrogen-bond donors (Lipinski definition) is 1. The minimum atomic E-state index is 0.579.